The Bertz CT molecular complexity index is 1070. The fourth-order valence-electron chi connectivity index (χ4n) is 3.46. The van der Waals surface area contributed by atoms with Gasteiger partial charge in [-0.3, -0.25) is 4.79 Å². The second-order valence-electron chi connectivity index (χ2n) is 7.38. The topological polar surface area (TPSA) is 80.8 Å². The molecule has 0 aliphatic heterocycles. The summed E-state index contributed by atoms with van der Waals surface area (Å²) in [5, 5.41) is 1.15. The Morgan fingerprint density at radius 3 is 2.47 bits per heavy atom. The summed E-state index contributed by atoms with van der Waals surface area (Å²) in [5.41, 5.74) is 10.00. The number of anilines is 1. The summed E-state index contributed by atoms with van der Waals surface area (Å²) in [7, 11) is 5.42. The van der Waals surface area contributed by atoms with Gasteiger partial charge < -0.3 is 24.8 Å². The van der Waals surface area contributed by atoms with Crippen LogP contribution in [0.15, 0.2) is 48.5 Å². The molecule has 1 aromatic heterocycles. The molecule has 2 aromatic carbocycles. The number of para-hydroxylation sites is 1. The number of rotatable bonds is 6. The molecule has 3 aromatic rings. The molecule has 0 atom stereocenters. The van der Waals surface area contributed by atoms with Crippen molar-refractivity contribution in [2.45, 2.75) is 20.0 Å². The lowest BCUT2D eigenvalue weighted by atomic mass is 10.1. The van der Waals surface area contributed by atoms with Crippen molar-refractivity contribution in [2.24, 2.45) is 7.05 Å². The molecule has 0 aliphatic rings. The molecular formula is C23H28N4O3. The molecule has 0 fully saturated rings. The fourth-order valence-corrected chi connectivity index (χ4v) is 3.46. The van der Waals surface area contributed by atoms with E-state index in [0.717, 1.165) is 16.6 Å². The third kappa shape index (κ3) is 4.40. The second kappa shape index (κ2) is 8.90. The number of carbonyl (C=O) groups excluding carboxylic acids is 2. The minimum atomic E-state index is -0.429. The van der Waals surface area contributed by atoms with Gasteiger partial charge in [0.15, 0.2) is 0 Å². The Morgan fingerprint density at radius 2 is 1.77 bits per heavy atom. The summed E-state index contributed by atoms with van der Waals surface area (Å²) in [6, 6.07) is 15.4. The Hall–Kier alpha value is -3.48. The van der Waals surface area contributed by atoms with Crippen LogP contribution in [-0.4, -0.2) is 47.1 Å². The van der Waals surface area contributed by atoms with E-state index in [1.807, 2.05) is 19.2 Å². The molecule has 7 nitrogen and oxygen atoms in total. The van der Waals surface area contributed by atoms with Gasteiger partial charge in [0, 0.05) is 43.6 Å². The summed E-state index contributed by atoms with van der Waals surface area (Å²) in [5.74, 6) is -0.111. The van der Waals surface area contributed by atoms with Crippen molar-refractivity contribution in [1.82, 2.24) is 14.4 Å². The maximum Gasteiger partial charge on any atom is 0.409 e. The predicted molar refractivity (Wildman–Crippen MR) is 118 cm³/mol. The molecule has 30 heavy (non-hydrogen) atoms. The highest BCUT2D eigenvalue weighted by Gasteiger charge is 2.17. The van der Waals surface area contributed by atoms with Crippen LogP contribution < -0.4 is 5.73 Å². The monoisotopic (exact) mass is 408 g/mol. The number of fused-ring (bicyclic) bond motifs is 1. The van der Waals surface area contributed by atoms with Crippen molar-refractivity contribution in [2.75, 3.05) is 26.4 Å². The highest BCUT2D eigenvalue weighted by Crippen LogP contribution is 2.21. The van der Waals surface area contributed by atoms with E-state index in [9.17, 15) is 9.59 Å². The van der Waals surface area contributed by atoms with Crippen molar-refractivity contribution in [3.05, 3.63) is 65.4 Å². The fraction of sp³-hybridized carbons (Fsp3) is 0.304. The van der Waals surface area contributed by atoms with E-state index in [1.54, 1.807) is 44.1 Å². The zero-order valence-corrected chi connectivity index (χ0v) is 17.9. The molecule has 0 radical (unpaired) electrons. The van der Waals surface area contributed by atoms with Gasteiger partial charge in [0.25, 0.3) is 5.91 Å². The predicted octanol–water partition coefficient (Wildman–Crippen LogP) is 3.62. The van der Waals surface area contributed by atoms with Crippen LogP contribution in [0.1, 0.15) is 28.5 Å². The van der Waals surface area contributed by atoms with Crippen LogP contribution in [0.2, 0.25) is 0 Å². The number of nitrogens with zero attached hydrogens (tertiary/aromatic N) is 3. The van der Waals surface area contributed by atoms with Crippen LogP contribution in [0.4, 0.5) is 10.5 Å². The van der Waals surface area contributed by atoms with Gasteiger partial charge in [0.2, 0.25) is 0 Å². The molecule has 2 N–H and O–H groups in total. The zero-order valence-electron chi connectivity index (χ0n) is 17.9. The standard InChI is InChI=1S/C23H28N4O3/c1-5-30-23(29)26(3)14-18-12-17(10-11-20(18)24)22(28)25(2)15-19-13-16-8-6-7-9-21(16)27(19)4/h6-13H,5,14-15,24H2,1-4H3. The number of carbonyl (C=O) groups is 2. The van der Waals surface area contributed by atoms with Gasteiger partial charge in [-0.25, -0.2) is 4.79 Å². The van der Waals surface area contributed by atoms with Crippen LogP contribution in [0, 0.1) is 0 Å². The lowest BCUT2D eigenvalue weighted by Crippen LogP contribution is -2.29. The molecule has 7 heteroatoms. The average Bonchev–Trinajstić information content (AvgIpc) is 3.04. The van der Waals surface area contributed by atoms with Gasteiger partial charge in [-0.2, -0.15) is 0 Å². The van der Waals surface area contributed by atoms with Crippen molar-refractivity contribution in [3.63, 3.8) is 0 Å². The number of amides is 2. The Balaban J connectivity index is 1.77. The van der Waals surface area contributed by atoms with Crippen molar-refractivity contribution in [3.8, 4) is 0 Å². The summed E-state index contributed by atoms with van der Waals surface area (Å²) in [6.45, 7) is 2.80. The Morgan fingerprint density at radius 1 is 1.03 bits per heavy atom. The van der Waals surface area contributed by atoms with Gasteiger partial charge >= 0.3 is 6.09 Å². The van der Waals surface area contributed by atoms with E-state index in [4.69, 9.17) is 10.5 Å². The molecule has 0 spiro atoms. The molecule has 2 amide bonds. The number of hydrogen-bond acceptors (Lipinski definition) is 4. The maximum absolute atomic E-state index is 13.0. The number of benzene rings is 2. The third-order valence-electron chi connectivity index (χ3n) is 5.17. The Labute approximate surface area is 176 Å². The first-order chi connectivity index (χ1) is 14.3. The molecule has 0 saturated carbocycles. The third-order valence-corrected chi connectivity index (χ3v) is 5.17. The minimum absolute atomic E-state index is 0.111. The second-order valence-corrected chi connectivity index (χ2v) is 7.38. The SMILES string of the molecule is CCOC(=O)N(C)Cc1cc(C(=O)N(C)Cc2cc3ccccc3n2C)ccc1N. The molecular weight excluding hydrogens is 380 g/mol. The highest BCUT2D eigenvalue weighted by atomic mass is 16.5. The minimum Gasteiger partial charge on any atom is -0.450 e. The first-order valence-electron chi connectivity index (χ1n) is 9.87. The van der Waals surface area contributed by atoms with Gasteiger partial charge in [-0.05, 0) is 48.2 Å². The summed E-state index contributed by atoms with van der Waals surface area (Å²) in [4.78, 5) is 28.0. The summed E-state index contributed by atoms with van der Waals surface area (Å²) >= 11 is 0. The molecule has 1 heterocycles. The van der Waals surface area contributed by atoms with E-state index in [2.05, 4.69) is 22.8 Å². The number of aromatic nitrogens is 1. The molecule has 3 rings (SSSR count). The van der Waals surface area contributed by atoms with Crippen molar-refractivity contribution < 1.29 is 14.3 Å². The summed E-state index contributed by atoms with van der Waals surface area (Å²) < 4.78 is 7.10. The highest BCUT2D eigenvalue weighted by molar-refractivity contribution is 5.94. The lowest BCUT2D eigenvalue weighted by Gasteiger charge is -2.20. The van der Waals surface area contributed by atoms with Crippen LogP contribution in [0.5, 0.6) is 0 Å². The van der Waals surface area contributed by atoms with E-state index in [-0.39, 0.29) is 12.5 Å². The van der Waals surface area contributed by atoms with E-state index < -0.39 is 6.09 Å². The normalized spacial score (nSPS) is 10.8. The van der Waals surface area contributed by atoms with Crippen molar-refractivity contribution >= 4 is 28.6 Å². The maximum atomic E-state index is 13.0. The first-order valence-corrected chi connectivity index (χ1v) is 9.87. The van der Waals surface area contributed by atoms with E-state index >= 15 is 0 Å². The quantitative estimate of drug-likeness (QED) is 0.632. The van der Waals surface area contributed by atoms with Gasteiger partial charge in [-0.1, -0.05) is 18.2 Å². The zero-order chi connectivity index (χ0) is 21.8. The lowest BCUT2D eigenvalue weighted by molar-refractivity contribution is 0.0782. The van der Waals surface area contributed by atoms with E-state index in [1.165, 1.54) is 4.90 Å². The Kier molecular flexibility index (Phi) is 6.30. The molecule has 0 bridgehead atoms. The molecule has 158 valence electrons. The molecule has 0 aliphatic carbocycles. The van der Waals surface area contributed by atoms with Crippen LogP contribution in [-0.2, 0) is 24.9 Å². The largest absolute Gasteiger partial charge is 0.450 e. The van der Waals surface area contributed by atoms with Gasteiger partial charge in [0.1, 0.15) is 0 Å². The van der Waals surface area contributed by atoms with Crippen molar-refractivity contribution in [1.29, 1.82) is 0 Å². The number of hydrogen-bond donors (Lipinski definition) is 1. The number of ether oxygens (including phenoxy) is 1. The average molecular weight is 409 g/mol. The van der Waals surface area contributed by atoms with Crippen LogP contribution >= 0.6 is 0 Å². The van der Waals surface area contributed by atoms with E-state index in [0.29, 0.717) is 30.0 Å². The smallest absolute Gasteiger partial charge is 0.409 e. The number of nitrogen functional groups attached to an aromatic ring is 1. The van der Waals surface area contributed by atoms with Crippen LogP contribution in [0.25, 0.3) is 10.9 Å². The number of aryl methyl sites for hydroxylation is 1. The first kappa shape index (κ1) is 21.2. The molecule has 0 saturated heterocycles. The van der Waals surface area contributed by atoms with Gasteiger partial charge in [-0.15, -0.1) is 0 Å². The van der Waals surface area contributed by atoms with Crippen LogP contribution in [0.3, 0.4) is 0 Å². The number of nitrogens with two attached hydrogens (primary N) is 1. The summed E-state index contributed by atoms with van der Waals surface area (Å²) in [6.07, 6.45) is -0.429. The molecule has 0 unspecified atom stereocenters. The van der Waals surface area contributed by atoms with Gasteiger partial charge in [0.05, 0.1) is 19.7 Å².